The van der Waals surface area contributed by atoms with Crippen LogP contribution in [0.5, 0.6) is 0 Å². The van der Waals surface area contributed by atoms with Gasteiger partial charge in [-0.25, -0.2) is 0 Å². The molecule has 0 radical (unpaired) electrons. The lowest BCUT2D eigenvalue weighted by molar-refractivity contribution is 0.0239. The van der Waals surface area contributed by atoms with Crippen LogP contribution in [-0.2, 0) is 13.0 Å². The van der Waals surface area contributed by atoms with Crippen molar-refractivity contribution in [2.45, 2.75) is 38.0 Å². The highest BCUT2D eigenvalue weighted by Gasteiger charge is 2.34. The average Bonchev–Trinajstić information content (AvgIpc) is 2.59. The standard InChI is InChI=1S/C20H23NO3/c22-13-15-6-8-16(9-7-15)20(24)21-19(17-11-18(23)12-17)10-14-4-2-1-3-5-14/h1-9,17-19,22-23H,10-13H2,(H,21,24)/t17?,18?,19-/m0/s1. The van der Waals surface area contributed by atoms with E-state index in [0.29, 0.717) is 11.5 Å². The van der Waals surface area contributed by atoms with E-state index in [0.717, 1.165) is 24.8 Å². The first-order valence-corrected chi connectivity index (χ1v) is 8.38. The molecule has 0 spiro atoms. The molecule has 3 rings (SSSR count). The lowest BCUT2D eigenvalue weighted by atomic mass is 9.75. The molecule has 4 heteroatoms. The molecule has 0 unspecified atom stereocenters. The molecule has 2 aromatic carbocycles. The van der Waals surface area contributed by atoms with Crippen LogP contribution in [0.4, 0.5) is 0 Å². The molecule has 0 aliphatic heterocycles. The molecule has 0 aromatic heterocycles. The Kier molecular flexibility index (Phi) is 5.28. The largest absolute Gasteiger partial charge is 0.393 e. The number of carbonyl (C=O) groups is 1. The average molecular weight is 325 g/mol. The first-order valence-electron chi connectivity index (χ1n) is 8.38. The molecule has 24 heavy (non-hydrogen) atoms. The number of aliphatic hydroxyl groups excluding tert-OH is 2. The van der Waals surface area contributed by atoms with E-state index in [-0.39, 0.29) is 24.7 Å². The summed E-state index contributed by atoms with van der Waals surface area (Å²) in [4.78, 5) is 12.5. The summed E-state index contributed by atoms with van der Waals surface area (Å²) in [6, 6.07) is 17.1. The first-order chi connectivity index (χ1) is 11.7. The molecule has 1 aliphatic rings. The van der Waals surface area contributed by atoms with Gasteiger partial charge in [0.25, 0.3) is 5.91 Å². The third-order valence-electron chi connectivity index (χ3n) is 4.73. The van der Waals surface area contributed by atoms with E-state index in [1.807, 2.05) is 18.2 Å². The van der Waals surface area contributed by atoms with Crippen LogP contribution in [0.15, 0.2) is 54.6 Å². The normalized spacial score (nSPS) is 20.9. The van der Waals surface area contributed by atoms with Gasteiger partial charge in [-0.15, -0.1) is 0 Å². The van der Waals surface area contributed by atoms with Crippen molar-refractivity contribution in [3.8, 4) is 0 Å². The summed E-state index contributed by atoms with van der Waals surface area (Å²) in [5.74, 6) is 0.197. The number of benzene rings is 2. The Bertz CT molecular complexity index is 663. The Labute approximate surface area is 142 Å². The predicted octanol–water partition coefficient (Wildman–Crippen LogP) is 2.29. The fourth-order valence-corrected chi connectivity index (χ4v) is 3.18. The van der Waals surface area contributed by atoms with Crippen molar-refractivity contribution in [3.63, 3.8) is 0 Å². The van der Waals surface area contributed by atoms with Crippen LogP contribution in [-0.4, -0.2) is 28.3 Å². The van der Waals surface area contributed by atoms with Crippen LogP contribution < -0.4 is 5.32 Å². The van der Waals surface area contributed by atoms with Gasteiger partial charge in [0.05, 0.1) is 12.7 Å². The van der Waals surface area contributed by atoms with Gasteiger partial charge in [0, 0.05) is 11.6 Å². The minimum absolute atomic E-state index is 0.0146. The van der Waals surface area contributed by atoms with Gasteiger partial charge in [0.1, 0.15) is 0 Å². The lowest BCUT2D eigenvalue weighted by Crippen LogP contribution is -2.48. The topological polar surface area (TPSA) is 69.6 Å². The fourth-order valence-electron chi connectivity index (χ4n) is 3.18. The molecule has 0 bridgehead atoms. The zero-order valence-electron chi connectivity index (χ0n) is 13.6. The molecule has 4 nitrogen and oxygen atoms in total. The van der Waals surface area contributed by atoms with Crippen LogP contribution in [0, 0.1) is 5.92 Å². The highest BCUT2D eigenvalue weighted by atomic mass is 16.3. The highest BCUT2D eigenvalue weighted by molar-refractivity contribution is 5.94. The van der Waals surface area contributed by atoms with Gasteiger partial charge in [-0.1, -0.05) is 42.5 Å². The second-order valence-corrected chi connectivity index (χ2v) is 6.51. The summed E-state index contributed by atoms with van der Waals surface area (Å²) in [5, 5.41) is 21.8. The van der Waals surface area contributed by atoms with Crippen LogP contribution >= 0.6 is 0 Å². The van der Waals surface area contributed by atoms with Crippen molar-refractivity contribution in [2.24, 2.45) is 5.92 Å². The Balaban J connectivity index is 1.69. The van der Waals surface area contributed by atoms with Gasteiger partial charge in [0.2, 0.25) is 0 Å². The third kappa shape index (κ3) is 4.02. The minimum Gasteiger partial charge on any atom is -0.393 e. The second kappa shape index (κ2) is 7.60. The van der Waals surface area contributed by atoms with Gasteiger partial charge in [-0.2, -0.15) is 0 Å². The Morgan fingerprint density at radius 3 is 2.29 bits per heavy atom. The maximum atomic E-state index is 12.5. The molecule has 1 saturated carbocycles. The van der Waals surface area contributed by atoms with E-state index in [4.69, 9.17) is 5.11 Å². The molecule has 3 N–H and O–H groups in total. The van der Waals surface area contributed by atoms with Crippen molar-refractivity contribution in [1.82, 2.24) is 5.32 Å². The number of aliphatic hydroxyl groups is 2. The summed E-state index contributed by atoms with van der Waals surface area (Å²) < 4.78 is 0. The van der Waals surface area contributed by atoms with Crippen molar-refractivity contribution >= 4 is 5.91 Å². The second-order valence-electron chi connectivity index (χ2n) is 6.51. The van der Waals surface area contributed by atoms with Gasteiger partial charge in [-0.3, -0.25) is 4.79 Å². The Hall–Kier alpha value is -2.17. The van der Waals surface area contributed by atoms with Gasteiger partial charge in [0.15, 0.2) is 0 Å². The van der Waals surface area contributed by atoms with E-state index in [2.05, 4.69) is 17.4 Å². The zero-order chi connectivity index (χ0) is 16.9. The first kappa shape index (κ1) is 16.7. The van der Waals surface area contributed by atoms with Crippen LogP contribution in [0.3, 0.4) is 0 Å². The van der Waals surface area contributed by atoms with Crippen LogP contribution in [0.2, 0.25) is 0 Å². The van der Waals surface area contributed by atoms with Crippen molar-refractivity contribution in [3.05, 3.63) is 71.3 Å². The van der Waals surface area contributed by atoms with Crippen molar-refractivity contribution < 1.29 is 15.0 Å². The molecule has 1 atom stereocenters. The molecule has 1 amide bonds. The lowest BCUT2D eigenvalue weighted by Gasteiger charge is -2.38. The van der Waals surface area contributed by atoms with Crippen molar-refractivity contribution in [2.75, 3.05) is 0 Å². The quantitative estimate of drug-likeness (QED) is 0.763. The van der Waals surface area contributed by atoms with E-state index in [1.54, 1.807) is 24.3 Å². The van der Waals surface area contributed by atoms with E-state index in [9.17, 15) is 9.90 Å². The molecular weight excluding hydrogens is 302 g/mol. The van der Waals surface area contributed by atoms with E-state index >= 15 is 0 Å². The number of rotatable bonds is 6. The molecule has 1 aliphatic carbocycles. The van der Waals surface area contributed by atoms with E-state index < -0.39 is 0 Å². The van der Waals surface area contributed by atoms with Crippen LogP contribution in [0.25, 0.3) is 0 Å². The third-order valence-corrected chi connectivity index (χ3v) is 4.73. The smallest absolute Gasteiger partial charge is 0.251 e. The Morgan fingerprint density at radius 1 is 1.04 bits per heavy atom. The number of nitrogens with one attached hydrogen (secondary N) is 1. The molecule has 1 fully saturated rings. The zero-order valence-corrected chi connectivity index (χ0v) is 13.6. The summed E-state index contributed by atoms with van der Waals surface area (Å²) in [7, 11) is 0. The molecule has 2 aromatic rings. The monoisotopic (exact) mass is 325 g/mol. The molecule has 0 heterocycles. The maximum Gasteiger partial charge on any atom is 0.251 e. The number of hydrogen-bond donors (Lipinski definition) is 3. The molecular formula is C20H23NO3. The summed E-state index contributed by atoms with van der Waals surface area (Å²) in [6.45, 7) is -0.0293. The maximum absolute atomic E-state index is 12.5. The summed E-state index contributed by atoms with van der Waals surface area (Å²) in [6.07, 6.45) is 2.00. The molecule has 126 valence electrons. The van der Waals surface area contributed by atoms with Gasteiger partial charge in [-0.05, 0) is 48.4 Å². The van der Waals surface area contributed by atoms with Gasteiger partial charge < -0.3 is 15.5 Å². The number of carbonyl (C=O) groups excluding carboxylic acids is 1. The number of hydrogen-bond acceptors (Lipinski definition) is 3. The number of amides is 1. The summed E-state index contributed by atoms with van der Waals surface area (Å²) in [5.41, 5.74) is 2.56. The van der Waals surface area contributed by atoms with E-state index in [1.165, 1.54) is 5.56 Å². The van der Waals surface area contributed by atoms with Crippen LogP contribution in [0.1, 0.15) is 34.3 Å². The summed E-state index contributed by atoms with van der Waals surface area (Å²) >= 11 is 0. The van der Waals surface area contributed by atoms with Gasteiger partial charge >= 0.3 is 0 Å². The fraction of sp³-hybridized carbons (Fsp3) is 0.350. The molecule has 0 saturated heterocycles. The predicted molar refractivity (Wildman–Crippen MR) is 92.5 cm³/mol. The Morgan fingerprint density at radius 2 is 1.71 bits per heavy atom. The van der Waals surface area contributed by atoms with Crippen molar-refractivity contribution in [1.29, 1.82) is 0 Å². The SMILES string of the molecule is O=C(N[C@@H](Cc1ccccc1)C1CC(O)C1)c1ccc(CO)cc1. The minimum atomic E-state index is -0.242. The highest BCUT2D eigenvalue weighted by Crippen LogP contribution is 2.32.